The van der Waals surface area contributed by atoms with Crippen LogP contribution < -0.4 is 0 Å². The van der Waals surface area contributed by atoms with E-state index in [1.165, 1.54) is 77.0 Å². The number of hydrogen-bond donors (Lipinski definition) is 0. The van der Waals surface area contributed by atoms with Crippen LogP contribution in [0.1, 0.15) is 95.1 Å². The Morgan fingerprint density at radius 1 is 0.867 bits per heavy atom. The number of unbranched alkanes of at least 4 members (excludes halogenated alkanes) is 5. The van der Waals surface area contributed by atoms with E-state index in [9.17, 15) is 4.39 Å². The average molecular weight is 410 g/mol. The number of halogens is 1. The normalized spacial score (nSPS) is 19.2. The Kier molecular flexibility index (Phi) is 9.36. The average Bonchev–Trinajstić information content (AvgIpc) is 2.76. The van der Waals surface area contributed by atoms with Crippen molar-refractivity contribution in [2.45, 2.75) is 97.3 Å². The summed E-state index contributed by atoms with van der Waals surface area (Å²) in [5.41, 5.74) is 3.54. The maximum atomic E-state index is 14.6. The summed E-state index contributed by atoms with van der Waals surface area (Å²) in [6, 6.07) is 9.60. The van der Waals surface area contributed by atoms with Crippen molar-refractivity contribution >= 4 is 0 Å². The van der Waals surface area contributed by atoms with E-state index in [0.717, 1.165) is 29.4 Å². The van der Waals surface area contributed by atoms with E-state index < -0.39 is 0 Å². The van der Waals surface area contributed by atoms with Crippen LogP contribution in [0.3, 0.4) is 0 Å². The molecule has 0 N–H and O–H groups in total. The van der Waals surface area contributed by atoms with Gasteiger partial charge in [-0.15, -0.1) is 0 Å². The molecule has 30 heavy (non-hydrogen) atoms. The zero-order valence-electron chi connectivity index (χ0n) is 19.1. The first-order chi connectivity index (χ1) is 14.7. The van der Waals surface area contributed by atoms with Gasteiger partial charge in [0, 0.05) is 11.8 Å². The van der Waals surface area contributed by atoms with E-state index in [4.69, 9.17) is 0 Å². The molecule has 1 heterocycles. The van der Waals surface area contributed by atoms with Crippen LogP contribution in [0.2, 0.25) is 0 Å². The molecule has 0 bridgehead atoms. The molecule has 0 atom stereocenters. The maximum absolute atomic E-state index is 14.6. The number of rotatable bonds is 11. The van der Waals surface area contributed by atoms with Gasteiger partial charge in [0.1, 0.15) is 5.82 Å². The molecular weight excluding hydrogens is 369 g/mol. The van der Waals surface area contributed by atoms with Crippen LogP contribution in [0.25, 0.3) is 11.3 Å². The van der Waals surface area contributed by atoms with E-state index in [2.05, 4.69) is 18.0 Å². The van der Waals surface area contributed by atoms with Gasteiger partial charge in [-0.25, -0.2) is 4.39 Å². The predicted molar refractivity (Wildman–Crippen MR) is 126 cm³/mol. The highest BCUT2D eigenvalue weighted by molar-refractivity contribution is 5.60. The Labute approximate surface area is 183 Å². The van der Waals surface area contributed by atoms with Gasteiger partial charge in [0.15, 0.2) is 0 Å². The second kappa shape index (κ2) is 12.2. The maximum Gasteiger partial charge on any atom is 0.132 e. The van der Waals surface area contributed by atoms with E-state index >= 15 is 0 Å². The lowest BCUT2D eigenvalue weighted by Crippen LogP contribution is -2.15. The minimum atomic E-state index is -0.147. The quantitative estimate of drug-likeness (QED) is 0.338. The third-order valence-electron chi connectivity index (χ3n) is 6.99. The van der Waals surface area contributed by atoms with Crippen molar-refractivity contribution in [2.24, 2.45) is 11.8 Å². The lowest BCUT2D eigenvalue weighted by atomic mass is 9.77. The van der Waals surface area contributed by atoms with Crippen molar-refractivity contribution in [1.82, 2.24) is 4.98 Å². The van der Waals surface area contributed by atoms with Gasteiger partial charge in [-0.1, -0.05) is 89.7 Å². The van der Waals surface area contributed by atoms with Crippen molar-refractivity contribution in [3.05, 3.63) is 53.5 Å². The Hall–Kier alpha value is -1.70. The molecule has 2 aromatic rings. The number of pyridine rings is 1. The molecule has 0 radical (unpaired) electrons. The van der Waals surface area contributed by atoms with Crippen LogP contribution in [-0.2, 0) is 6.42 Å². The predicted octanol–water partition coefficient (Wildman–Crippen LogP) is 8.69. The lowest BCUT2D eigenvalue weighted by molar-refractivity contribution is 0.248. The van der Waals surface area contributed by atoms with Gasteiger partial charge in [0.2, 0.25) is 0 Å². The largest absolute Gasteiger partial charge is 0.256 e. The molecule has 1 nitrogen and oxygen atoms in total. The molecule has 0 unspecified atom stereocenters. The van der Waals surface area contributed by atoms with Gasteiger partial charge in [0.05, 0.1) is 5.69 Å². The van der Waals surface area contributed by atoms with Gasteiger partial charge in [-0.3, -0.25) is 4.98 Å². The Morgan fingerprint density at radius 2 is 1.57 bits per heavy atom. The number of nitrogens with zero attached hydrogens (tertiary/aromatic N) is 1. The van der Waals surface area contributed by atoms with E-state index in [1.54, 1.807) is 12.3 Å². The molecule has 1 aromatic heterocycles. The molecule has 3 rings (SSSR count). The fraction of sp³-hybridized carbons (Fsp3) is 0.607. The van der Waals surface area contributed by atoms with Crippen molar-refractivity contribution in [3.63, 3.8) is 0 Å². The van der Waals surface area contributed by atoms with Gasteiger partial charge < -0.3 is 0 Å². The van der Waals surface area contributed by atoms with Crippen molar-refractivity contribution in [3.8, 4) is 11.3 Å². The second-order valence-corrected chi connectivity index (χ2v) is 9.52. The smallest absolute Gasteiger partial charge is 0.132 e. The van der Waals surface area contributed by atoms with Gasteiger partial charge in [-0.2, -0.15) is 0 Å². The molecule has 0 saturated heterocycles. The van der Waals surface area contributed by atoms with Crippen LogP contribution >= 0.6 is 0 Å². The topological polar surface area (TPSA) is 12.9 Å². The summed E-state index contributed by atoms with van der Waals surface area (Å²) in [4.78, 5) is 4.37. The molecule has 0 spiro atoms. The first-order valence-corrected chi connectivity index (χ1v) is 12.4. The molecule has 1 aliphatic carbocycles. The van der Waals surface area contributed by atoms with Crippen LogP contribution in [0.4, 0.5) is 4.39 Å². The lowest BCUT2D eigenvalue weighted by Gasteiger charge is -2.28. The summed E-state index contributed by atoms with van der Waals surface area (Å²) < 4.78 is 14.6. The highest BCUT2D eigenvalue weighted by Crippen LogP contribution is 2.34. The molecule has 0 amide bonds. The molecule has 1 saturated carbocycles. The fourth-order valence-electron chi connectivity index (χ4n) is 4.94. The second-order valence-electron chi connectivity index (χ2n) is 9.52. The Balaban J connectivity index is 1.37. The third-order valence-corrected chi connectivity index (χ3v) is 6.99. The standard InChI is InChI=1S/C28H40FN/c1-3-4-5-6-7-8-9-23-11-13-24(14-12-23)15-16-25-17-18-26(27(29)20-25)28-19-10-22(2)21-30-28/h10,17-21,23-24H,3-9,11-16H2,1-2H3. The molecule has 1 fully saturated rings. The summed E-state index contributed by atoms with van der Waals surface area (Å²) in [7, 11) is 0. The number of aromatic nitrogens is 1. The molecular formula is C28H40FN. The zero-order valence-corrected chi connectivity index (χ0v) is 19.1. The van der Waals surface area contributed by atoms with Crippen molar-refractivity contribution < 1.29 is 4.39 Å². The van der Waals surface area contributed by atoms with E-state index in [-0.39, 0.29) is 5.82 Å². The van der Waals surface area contributed by atoms with Crippen LogP contribution in [0.15, 0.2) is 36.5 Å². The van der Waals surface area contributed by atoms with Crippen LogP contribution in [0, 0.1) is 24.6 Å². The Bertz CT molecular complexity index is 744. The van der Waals surface area contributed by atoms with Gasteiger partial charge in [0.25, 0.3) is 0 Å². The zero-order chi connectivity index (χ0) is 21.2. The monoisotopic (exact) mass is 409 g/mol. The number of benzene rings is 1. The summed E-state index contributed by atoms with van der Waals surface area (Å²) in [5, 5.41) is 0. The number of aryl methyl sites for hydroxylation is 2. The highest BCUT2D eigenvalue weighted by Gasteiger charge is 2.20. The summed E-state index contributed by atoms with van der Waals surface area (Å²) in [5.74, 6) is 1.64. The molecule has 164 valence electrons. The summed E-state index contributed by atoms with van der Waals surface area (Å²) >= 11 is 0. The highest BCUT2D eigenvalue weighted by atomic mass is 19.1. The van der Waals surface area contributed by atoms with Crippen molar-refractivity contribution in [2.75, 3.05) is 0 Å². The third kappa shape index (κ3) is 7.22. The Morgan fingerprint density at radius 3 is 2.23 bits per heavy atom. The molecule has 1 aliphatic rings. The first-order valence-electron chi connectivity index (χ1n) is 12.4. The van der Waals surface area contributed by atoms with Crippen LogP contribution in [0.5, 0.6) is 0 Å². The molecule has 0 aliphatic heterocycles. The molecule has 2 heteroatoms. The van der Waals surface area contributed by atoms with Crippen molar-refractivity contribution in [1.29, 1.82) is 0 Å². The summed E-state index contributed by atoms with van der Waals surface area (Å²) in [6.45, 7) is 4.28. The first kappa shape index (κ1) is 23.0. The SMILES string of the molecule is CCCCCCCCC1CCC(CCc2ccc(-c3ccc(C)cn3)c(F)c2)CC1. The minimum Gasteiger partial charge on any atom is -0.256 e. The molecule has 1 aromatic carbocycles. The van der Waals surface area contributed by atoms with E-state index in [1.807, 2.05) is 25.1 Å². The van der Waals surface area contributed by atoms with Gasteiger partial charge >= 0.3 is 0 Å². The minimum absolute atomic E-state index is 0.147. The van der Waals surface area contributed by atoms with Crippen LogP contribution in [-0.4, -0.2) is 4.98 Å². The summed E-state index contributed by atoms with van der Waals surface area (Å²) in [6.07, 6.45) is 19.4. The number of hydrogen-bond acceptors (Lipinski definition) is 1. The fourth-order valence-corrected chi connectivity index (χ4v) is 4.94. The van der Waals surface area contributed by atoms with Gasteiger partial charge in [-0.05, 0) is 60.9 Å². The van der Waals surface area contributed by atoms with E-state index in [0.29, 0.717) is 11.3 Å².